The zero-order valence-corrected chi connectivity index (χ0v) is 21.0. The maximum atomic E-state index is 6.49. The lowest BCUT2D eigenvalue weighted by atomic mass is 9.95. The molecule has 2 aliphatic heterocycles. The fourth-order valence-electron chi connectivity index (χ4n) is 4.43. The molecule has 0 aliphatic carbocycles. The number of nitrogens with one attached hydrogen (secondary N) is 1. The van der Waals surface area contributed by atoms with Crippen LogP contribution in [-0.2, 0) is 22.5 Å². The standard InChI is InChI=1S/C26H24ClN5O3S/c27-20-13-18(2-4-22(20)34-14-24-28-7-10-36-24)32-25-19-11-17(1-3-21(19)30-16-31-25)12-23-29-15-26(35-23)5-8-33-9-6-26/h1-4,7,10-11,13,16H,5-6,8-9,12,14-15H2,(H,30,31,32). The first kappa shape index (κ1) is 23.1. The van der Waals surface area contributed by atoms with Crippen molar-refractivity contribution < 1.29 is 14.2 Å². The van der Waals surface area contributed by atoms with Crippen molar-refractivity contribution in [2.24, 2.45) is 4.99 Å². The molecule has 6 rings (SSSR count). The van der Waals surface area contributed by atoms with Crippen LogP contribution < -0.4 is 10.1 Å². The Morgan fingerprint density at radius 2 is 2.00 bits per heavy atom. The van der Waals surface area contributed by atoms with E-state index < -0.39 is 0 Å². The predicted octanol–water partition coefficient (Wildman–Crippen LogP) is 5.58. The number of nitrogens with zero attached hydrogens (tertiary/aromatic N) is 4. The summed E-state index contributed by atoms with van der Waals surface area (Å²) in [6.45, 7) is 2.55. The van der Waals surface area contributed by atoms with Crippen molar-refractivity contribution in [3.8, 4) is 5.75 Å². The highest BCUT2D eigenvalue weighted by Gasteiger charge is 2.39. The van der Waals surface area contributed by atoms with Crippen molar-refractivity contribution in [1.29, 1.82) is 0 Å². The van der Waals surface area contributed by atoms with E-state index in [9.17, 15) is 0 Å². The lowest BCUT2D eigenvalue weighted by Gasteiger charge is -2.32. The summed E-state index contributed by atoms with van der Waals surface area (Å²) >= 11 is 8.03. The van der Waals surface area contributed by atoms with Gasteiger partial charge in [-0.05, 0) is 35.9 Å². The summed E-state index contributed by atoms with van der Waals surface area (Å²) in [5, 5.41) is 7.61. The minimum atomic E-state index is -0.185. The minimum Gasteiger partial charge on any atom is -0.485 e. The van der Waals surface area contributed by atoms with Crippen LogP contribution in [0.1, 0.15) is 23.4 Å². The quantitative estimate of drug-likeness (QED) is 0.339. The largest absolute Gasteiger partial charge is 0.485 e. The van der Waals surface area contributed by atoms with Gasteiger partial charge in [0.25, 0.3) is 0 Å². The number of aromatic nitrogens is 3. The first-order valence-corrected chi connectivity index (χ1v) is 13.0. The predicted molar refractivity (Wildman–Crippen MR) is 141 cm³/mol. The Morgan fingerprint density at radius 3 is 2.83 bits per heavy atom. The number of rotatable bonds is 7. The van der Waals surface area contributed by atoms with E-state index in [-0.39, 0.29) is 5.60 Å². The molecular weight excluding hydrogens is 498 g/mol. The van der Waals surface area contributed by atoms with E-state index in [1.807, 2.05) is 29.6 Å². The van der Waals surface area contributed by atoms with Crippen molar-refractivity contribution in [2.45, 2.75) is 31.5 Å². The van der Waals surface area contributed by atoms with Gasteiger partial charge in [-0.15, -0.1) is 11.3 Å². The van der Waals surface area contributed by atoms with Crippen molar-refractivity contribution in [2.75, 3.05) is 25.1 Å². The van der Waals surface area contributed by atoms with Crippen molar-refractivity contribution in [1.82, 2.24) is 15.0 Å². The number of aliphatic imine (C=N–C) groups is 1. The SMILES string of the molecule is Clc1cc(Nc2ncnc3ccc(CC4=NCC5(CCOCC5)O4)cc23)ccc1OCc1nccs1. The van der Waals surface area contributed by atoms with Crippen LogP contribution in [0, 0.1) is 0 Å². The molecule has 184 valence electrons. The number of ether oxygens (including phenoxy) is 3. The molecule has 2 aliphatic rings. The molecule has 4 heterocycles. The number of anilines is 2. The molecule has 0 saturated carbocycles. The Hall–Kier alpha value is -3.27. The van der Waals surface area contributed by atoms with Crippen LogP contribution in [0.5, 0.6) is 5.75 Å². The van der Waals surface area contributed by atoms with Gasteiger partial charge >= 0.3 is 0 Å². The van der Waals surface area contributed by atoms with Gasteiger partial charge in [-0.3, -0.25) is 4.99 Å². The minimum absolute atomic E-state index is 0.185. The Kier molecular flexibility index (Phi) is 6.43. The van der Waals surface area contributed by atoms with Gasteiger partial charge in [0.1, 0.15) is 35.1 Å². The van der Waals surface area contributed by atoms with E-state index in [1.165, 1.54) is 0 Å². The molecule has 0 amide bonds. The van der Waals surface area contributed by atoms with Gasteiger partial charge in [-0.25, -0.2) is 15.0 Å². The molecule has 8 nitrogen and oxygen atoms in total. The van der Waals surface area contributed by atoms with Crippen LogP contribution in [-0.4, -0.2) is 46.2 Å². The lowest BCUT2D eigenvalue weighted by molar-refractivity contribution is -0.0369. The monoisotopic (exact) mass is 521 g/mol. The van der Waals surface area contributed by atoms with E-state index in [0.29, 0.717) is 36.2 Å². The van der Waals surface area contributed by atoms with E-state index in [4.69, 9.17) is 25.8 Å². The highest BCUT2D eigenvalue weighted by Crippen LogP contribution is 2.33. The van der Waals surface area contributed by atoms with Gasteiger partial charge in [0, 0.05) is 41.9 Å². The smallest absolute Gasteiger partial charge is 0.188 e. The fraction of sp³-hybridized carbons (Fsp3) is 0.308. The Bertz CT molecular complexity index is 1410. The summed E-state index contributed by atoms with van der Waals surface area (Å²) in [7, 11) is 0. The fourth-order valence-corrected chi connectivity index (χ4v) is 5.19. The van der Waals surface area contributed by atoms with E-state index in [1.54, 1.807) is 23.9 Å². The van der Waals surface area contributed by atoms with E-state index in [0.717, 1.165) is 59.1 Å². The lowest BCUT2D eigenvalue weighted by Crippen LogP contribution is -2.39. The van der Waals surface area contributed by atoms with Gasteiger partial charge in [-0.2, -0.15) is 0 Å². The molecule has 1 N–H and O–H groups in total. The molecule has 2 aromatic heterocycles. The molecule has 1 spiro atoms. The third kappa shape index (κ3) is 5.00. The molecule has 4 aromatic rings. The number of halogens is 1. The average Bonchev–Trinajstić information content (AvgIpc) is 3.55. The van der Waals surface area contributed by atoms with Gasteiger partial charge < -0.3 is 19.5 Å². The second kappa shape index (κ2) is 10.0. The summed E-state index contributed by atoms with van der Waals surface area (Å²) in [4.78, 5) is 17.8. The number of fused-ring (bicyclic) bond motifs is 1. The molecule has 1 saturated heterocycles. The zero-order valence-electron chi connectivity index (χ0n) is 19.4. The molecule has 0 radical (unpaired) electrons. The molecule has 36 heavy (non-hydrogen) atoms. The van der Waals surface area contributed by atoms with Crippen LogP contribution in [0.3, 0.4) is 0 Å². The summed E-state index contributed by atoms with van der Waals surface area (Å²) in [5.41, 5.74) is 2.56. The zero-order chi connectivity index (χ0) is 24.4. The van der Waals surface area contributed by atoms with Crippen LogP contribution in [0.15, 0.2) is 59.3 Å². The van der Waals surface area contributed by atoms with Crippen LogP contribution >= 0.6 is 22.9 Å². The Balaban J connectivity index is 1.17. The van der Waals surface area contributed by atoms with Gasteiger partial charge in [0.15, 0.2) is 5.90 Å². The van der Waals surface area contributed by atoms with Crippen molar-refractivity contribution in [3.05, 3.63) is 69.9 Å². The molecule has 1 fully saturated rings. The van der Waals surface area contributed by atoms with Crippen LogP contribution in [0.4, 0.5) is 11.5 Å². The molecule has 0 unspecified atom stereocenters. The third-order valence-electron chi connectivity index (χ3n) is 6.37. The van der Waals surface area contributed by atoms with Crippen molar-refractivity contribution in [3.63, 3.8) is 0 Å². The first-order chi connectivity index (χ1) is 17.7. The molecule has 0 bridgehead atoms. The summed E-state index contributed by atoms with van der Waals surface area (Å²) in [5.74, 6) is 2.08. The number of thiazole rings is 1. The van der Waals surface area contributed by atoms with Crippen molar-refractivity contribution >= 4 is 51.2 Å². The summed E-state index contributed by atoms with van der Waals surface area (Å²) < 4.78 is 17.6. The number of hydrogen-bond acceptors (Lipinski definition) is 9. The summed E-state index contributed by atoms with van der Waals surface area (Å²) in [6.07, 6.45) is 5.71. The topological polar surface area (TPSA) is 90.8 Å². The normalized spacial score (nSPS) is 16.6. The second-order valence-corrected chi connectivity index (χ2v) is 10.2. The van der Waals surface area contributed by atoms with E-state index in [2.05, 4.69) is 37.4 Å². The molecular formula is C26H24ClN5O3S. The molecule has 10 heteroatoms. The molecule has 0 atom stereocenters. The highest BCUT2D eigenvalue weighted by atomic mass is 35.5. The third-order valence-corrected chi connectivity index (χ3v) is 7.41. The maximum absolute atomic E-state index is 6.49. The Labute approximate surface area is 217 Å². The van der Waals surface area contributed by atoms with Crippen LogP contribution in [0.25, 0.3) is 10.9 Å². The van der Waals surface area contributed by atoms with Gasteiger partial charge in [0.2, 0.25) is 0 Å². The first-order valence-electron chi connectivity index (χ1n) is 11.8. The second-order valence-electron chi connectivity index (χ2n) is 8.84. The average molecular weight is 522 g/mol. The maximum Gasteiger partial charge on any atom is 0.188 e. The Morgan fingerprint density at radius 1 is 1.08 bits per heavy atom. The van der Waals surface area contributed by atoms with Crippen LogP contribution in [0.2, 0.25) is 5.02 Å². The van der Waals surface area contributed by atoms with E-state index >= 15 is 0 Å². The molecule has 2 aromatic carbocycles. The summed E-state index contributed by atoms with van der Waals surface area (Å²) in [6, 6.07) is 11.7. The number of benzene rings is 2. The van der Waals surface area contributed by atoms with Gasteiger partial charge in [-0.1, -0.05) is 17.7 Å². The highest BCUT2D eigenvalue weighted by molar-refractivity contribution is 7.09. The van der Waals surface area contributed by atoms with Gasteiger partial charge in [0.05, 0.1) is 30.3 Å². The number of hydrogen-bond donors (Lipinski definition) is 1.